The summed E-state index contributed by atoms with van der Waals surface area (Å²) in [6.45, 7) is 9.59. The number of hydrogen-bond acceptors (Lipinski definition) is 3. The zero-order chi connectivity index (χ0) is 14.1. The molecule has 0 bridgehead atoms. The maximum atomic E-state index is 10.3. The van der Waals surface area contributed by atoms with Crippen molar-refractivity contribution in [2.45, 2.75) is 44.8 Å². The van der Waals surface area contributed by atoms with Crippen LogP contribution >= 0.6 is 0 Å². The smallest absolute Gasteiger partial charge is 0.240 e. The van der Waals surface area contributed by atoms with Gasteiger partial charge >= 0.3 is 0 Å². The summed E-state index contributed by atoms with van der Waals surface area (Å²) < 4.78 is 6.47. The fourth-order valence-corrected chi connectivity index (χ4v) is 8.94. The summed E-state index contributed by atoms with van der Waals surface area (Å²) in [7, 11) is -2.76. The van der Waals surface area contributed by atoms with Crippen LogP contribution in [-0.2, 0) is 9.22 Å². The summed E-state index contributed by atoms with van der Waals surface area (Å²) >= 11 is 0. The Hall–Kier alpha value is -1.01. The van der Waals surface area contributed by atoms with Gasteiger partial charge in [0.25, 0.3) is 0 Å². The molecule has 0 saturated carbocycles. The van der Waals surface area contributed by atoms with E-state index >= 15 is 0 Å². The van der Waals surface area contributed by atoms with Gasteiger partial charge in [-0.05, 0) is 37.2 Å². The average Bonchev–Trinajstić information content (AvgIpc) is 2.33. The predicted molar refractivity (Wildman–Crippen MR) is 82.4 cm³/mol. The number of rotatable bonds is 2. The molecule has 0 amide bonds. The molecular weight excluding hydrogens is 270 g/mol. The van der Waals surface area contributed by atoms with Crippen LogP contribution in [0.4, 0.5) is 5.69 Å². The lowest BCUT2D eigenvalue weighted by Gasteiger charge is -2.45. The van der Waals surface area contributed by atoms with Gasteiger partial charge in [-0.15, -0.1) is 0 Å². The first-order chi connectivity index (χ1) is 8.86. The van der Waals surface area contributed by atoms with Crippen molar-refractivity contribution in [1.82, 2.24) is 0 Å². The van der Waals surface area contributed by atoms with Gasteiger partial charge in [0.15, 0.2) is 7.83 Å². The van der Waals surface area contributed by atoms with Crippen LogP contribution in [0.3, 0.4) is 0 Å². The number of hydrogen-bond donors (Lipinski definition) is 0. The van der Waals surface area contributed by atoms with E-state index in [0.717, 1.165) is 12.0 Å². The van der Waals surface area contributed by atoms with Gasteiger partial charge < -0.3 is 4.43 Å². The molecule has 1 atom stereocenters. The second kappa shape index (κ2) is 5.17. The Morgan fingerprint density at radius 2 is 2.05 bits per heavy atom. The number of nitrogens with zero attached hydrogens (tertiary/aromatic N) is 1. The number of carbonyl (C=O) groups excluding carboxylic acids is 1. The van der Waals surface area contributed by atoms with Gasteiger partial charge in [0.2, 0.25) is 6.08 Å². The molecule has 5 heteroatoms. The summed E-state index contributed by atoms with van der Waals surface area (Å²) in [5, 5.41) is 0. The molecule has 1 aliphatic heterocycles. The van der Waals surface area contributed by atoms with Crippen LogP contribution in [0.15, 0.2) is 29.3 Å². The van der Waals surface area contributed by atoms with Crippen molar-refractivity contribution in [2.75, 3.05) is 0 Å². The quantitative estimate of drug-likeness (QED) is 0.467. The first-order valence-electron chi connectivity index (χ1n) is 6.71. The van der Waals surface area contributed by atoms with Crippen molar-refractivity contribution in [3.8, 4) is 0 Å². The van der Waals surface area contributed by atoms with Crippen LogP contribution in [0.5, 0.6) is 0 Å². The Morgan fingerprint density at radius 3 is 2.68 bits per heavy atom. The van der Waals surface area contributed by atoms with E-state index < -0.39 is 15.4 Å². The maximum absolute atomic E-state index is 10.3. The van der Waals surface area contributed by atoms with Crippen LogP contribution in [0.1, 0.15) is 18.1 Å². The molecule has 2 rings (SSSR count). The highest BCUT2D eigenvalue weighted by atomic mass is 29.3. The van der Waals surface area contributed by atoms with Gasteiger partial charge in [0.1, 0.15) is 0 Å². The monoisotopic (exact) mass is 291 g/mol. The molecule has 0 spiro atoms. The molecule has 102 valence electrons. The molecule has 19 heavy (non-hydrogen) atoms. The first kappa shape index (κ1) is 14.4. The highest BCUT2D eigenvalue weighted by Gasteiger charge is 2.47. The van der Waals surface area contributed by atoms with E-state index in [9.17, 15) is 4.79 Å². The molecule has 0 N–H and O–H groups in total. The van der Waals surface area contributed by atoms with E-state index in [4.69, 9.17) is 4.43 Å². The van der Waals surface area contributed by atoms with Crippen LogP contribution in [0, 0.1) is 0 Å². The van der Waals surface area contributed by atoms with E-state index in [1.54, 1.807) is 6.08 Å². The van der Waals surface area contributed by atoms with Crippen molar-refractivity contribution in [2.24, 2.45) is 4.99 Å². The molecule has 1 unspecified atom stereocenters. The summed E-state index contributed by atoms with van der Waals surface area (Å²) in [5.74, 6) is 0. The van der Waals surface area contributed by atoms with Crippen molar-refractivity contribution in [3.05, 3.63) is 29.8 Å². The lowest BCUT2D eigenvalue weighted by Crippen LogP contribution is -2.60. The third-order valence-electron chi connectivity index (χ3n) is 4.51. The van der Waals surface area contributed by atoms with Crippen molar-refractivity contribution in [3.63, 3.8) is 0 Å². The number of benzene rings is 1. The molecule has 3 nitrogen and oxygen atoms in total. The van der Waals surface area contributed by atoms with Crippen LogP contribution in [-0.4, -0.2) is 21.5 Å². The molecule has 1 aliphatic rings. The zero-order valence-corrected chi connectivity index (χ0v) is 14.1. The summed E-state index contributed by atoms with van der Waals surface area (Å²) in [6.07, 6.45) is 2.85. The molecule has 0 aliphatic carbocycles. The van der Waals surface area contributed by atoms with Gasteiger partial charge in [0.05, 0.1) is 19.4 Å². The Balaban J connectivity index is 2.24. The molecule has 0 aromatic heterocycles. The van der Waals surface area contributed by atoms with Gasteiger partial charge in [-0.25, -0.2) is 4.79 Å². The zero-order valence-electron chi connectivity index (χ0n) is 12.1. The van der Waals surface area contributed by atoms with Crippen LogP contribution < -0.4 is 0 Å². The SMILES string of the molecule is C[Si]1(C)CCC(c2cccc(N=C=O)c2)O[Si]1(C)C. The highest BCUT2D eigenvalue weighted by Crippen LogP contribution is 2.40. The standard InChI is InChI=1S/C14H21NO2Si2/c1-18(2)9-8-14(17-19(18,3)4)12-6-5-7-13(10-12)15-11-16/h5-7,10,14H,8-9H2,1-4H3. The Bertz CT molecular complexity index is 522. The lowest BCUT2D eigenvalue weighted by atomic mass is 10.1. The maximum Gasteiger partial charge on any atom is 0.240 e. The van der Waals surface area contributed by atoms with Gasteiger partial charge in [0, 0.05) is 0 Å². The highest BCUT2D eigenvalue weighted by molar-refractivity contribution is 7.38. The second-order valence-electron chi connectivity index (χ2n) is 6.34. The molecule has 0 radical (unpaired) electrons. The van der Waals surface area contributed by atoms with E-state index in [1.165, 1.54) is 6.04 Å². The summed E-state index contributed by atoms with van der Waals surface area (Å²) in [4.78, 5) is 14.0. The summed E-state index contributed by atoms with van der Waals surface area (Å²) in [5.41, 5.74) is 1.80. The predicted octanol–water partition coefficient (Wildman–Crippen LogP) is 4.11. The van der Waals surface area contributed by atoms with E-state index in [2.05, 4.69) is 37.2 Å². The Labute approximate surface area is 116 Å². The first-order valence-corrected chi connectivity index (χ1v) is 13.8. The molecule has 1 aromatic carbocycles. The molecule has 1 heterocycles. The Kier molecular flexibility index (Phi) is 3.92. The van der Waals surface area contributed by atoms with Crippen LogP contribution in [0.25, 0.3) is 0 Å². The minimum absolute atomic E-state index is 0.170. The van der Waals surface area contributed by atoms with E-state index in [1.807, 2.05) is 18.2 Å². The number of aliphatic imine (C=N–C) groups is 1. The lowest BCUT2D eigenvalue weighted by molar-refractivity contribution is 0.189. The Morgan fingerprint density at radius 1 is 1.32 bits per heavy atom. The molecule has 1 saturated heterocycles. The van der Waals surface area contributed by atoms with Gasteiger partial charge in [-0.1, -0.05) is 31.3 Å². The normalized spacial score (nSPS) is 24.5. The fraction of sp³-hybridized carbons (Fsp3) is 0.500. The molecule has 1 aromatic rings. The van der Waals surface area contributed by atoms with Crippen molar-refractivity contribution < 1.29 is 9.22 Å². The third-order valence-corrected chi connectivity index (χ3v) is 21.1. The van der Waals surface area contributed by atoms with E-state index in [-0.39, 0.29) is 6.10 Å². The molecule has 1 fully saturated rings. The second-order valence-corrected chi connectivity index (χ2v) is 21.5. The minimum atomic E-state index is -1.57. The van der Waals surface area contributed by atoms with Crippen LogP contribution in [0.2, 0.25) is 32.2 Å². The van der Waals surface area contributed by atoms with Gasteiger partial charge in [-0.3, -0.25) is 0 Å². The van der Waals surface area contributed by atoms with Crippen molar-refractivity contribution in [1.29, 1.82) is 0 Å². The largest absolute Gasteiger partial charge is 0.413 e. The number of isocyanates is 1. The fourth-order valence-electron chi connectivity index (χ4n) is 2.45. The average molecular weight is 291 g/mol. The topological polar surface area (TPSA) is 38.7 Å². The third kappa shape index (κ3) is 2.95. The van der Waals surface area contributed by atoms with E-state index in [0.29, 0.717) is 5.69 Å². The summed E-state index contributed by atoms with van der Waals surface area (Å²) in [6, 6.07) is 9.08. The van der Waals surface area contributed by atoms with Crippen molar-refractivity contribution >= 4 is 27.2 Å². The van der Waals surface area contributed by atoms with Gasteiger partial charge in [-0.2, -0.15) is 4.99 Å². The molecular formula is C14H21NO2Si2. The minimum Gasteiger partial charge on any atom is -0.413 e.